The highest BCUT2D eigenvalue weighted by molar-refractivity contribution is 5.76. The maximum absolute atomic E-state index is 11.6. The lowest BCUT2D eigenvalue weighted by Gasteiger charge is -2.47. The number of likely N-dealkylation sites (tertiary alicyclic amines) is 1. The molecular formula is C13H23NO. The number of rotatable bonds is 2. The van der Waals surface area contributed by atoms with Gasteiger partial charge in [0.15, 0.2) is 0 Å². The van der Waals surface area contributed by atoms with Crippen LogP contribution in [0.4, 0.5) is 0 Å². The van der Waals surface area contributed by atoms with Crippen molar-refractivity contribution in [2.24, 2.45) is 17.3 Å². The van der Waals surface area contributed by atoms with Crippen LogP contribution >= 0.6 is 0 Å². The zero-order valence-corrected chi connectivity index (χ0v) is 10.3. The number of hydrogen-bond donors (Lipinski definition) is 0. The Morgan fingerprint density at radius 1 is 1.47 bits per heavy atom. The Bertz CT molecular complexity index is 253. The molecule has 0 aromatic rings. The predicted octanol–water partition coefficient (Wildman–Crippen LogP) is 2.68. The summed E-state index contributed by atoms with van der Waals surface area (Å²) in [6.45, 7) is 8.66. The molecule has 15 heavy (non-hydrogen) atoms. The van der Waals surface area contributed by atoms with Crippen molar-refractivity contribution in [1.82, 2.24) is 4.90 Å². The van der Waals surface area contributed by atoms with Crippen LogP contribution in [0.2, 0.25) is 0 Å². The number of carbonyl (C=O) groups excluding carboxylic acids is 1. The summed E-state index contributed by atoms with van der Waals surface area (Å²) >= 11 is 0. The second-order valence-electron chi connectivity index (χ2n) is 5.83. The van der Waals surface area contributed by atoms with Crippen LogP contribution in [0, 0.1) is 17.3 Å². The minimum absolute atomic E-state index is 0.347. The van der Waals surface area contributed by atoms with E-state index in [1.54, 1.807) is 0 Å². The van der Waals surface area contributed by atoms with E-state index in [4.69, 9.17) is 0 Å². The smallest absolute Gasteiger partial charge is 0.222 e. The normalized spacial score (nSPS) is 34.9. The molecule has 1 spiro atoms. The number of carbonyl (C=O) groups is 1. The molecular weight excluding hydrogens is 186 g/mol. The van der Waals surface area contributed by atoms with Gasteiger partial charge in [-0.2, -0.15) is 0 Å². The van der Waals surface area contributed by atoms with E-state index in [0.717, 1.165) is 24.9 Å². The highest BCUT2D eigenvalue weighted by Crippen LogP contribution is 2.54. The van der Waals surface area contributed by atoms with Gasteiger partial charge in [0.05, 0.1) is 0 Å². The van der Waals surface area contributed by atoms with Gasteiger partial charge in [0.1, 0.15) is 0 Å². The predicted molar refractivity (Wildman–Crippen MR) is 61.5 cm³/mol. The fraction of sp³-hybridized carbons (Fsp3) is 0.923. The highest BCUT2D eigenvalue weighted by atomic mass is 16.2. The van der Waals surface area contributed by atoms with Crippen LogP contribution in [-0.2, 0) is 4.79 Å². The summed E-state index contributed by atoms with van der Waals surface area (Å²) < 4.78 is 0. The second kappa shape index (κ2) is 3.80. The Morgan fingerprint density at radius 3 is 2.67 bits per heavy atom. The third kappa shape index (κ3) is 1.91. The lowest BCUT2D eigenvalue weighted by atomic mass is 9.58. The summed E-state index contributed by atoms with van der Waals surface area (Å²) in [6, 6.07) is 0. The largest absolute Gasteiger partial charge is 0.342 e. The van der Waals surface area contributed by atoms with Crippen LogP contribution in [0.5, 0.6) is 0 Å². The first-order valence-electron chi connectivity index (χ1n) is 6.34. The first-order chi connectivity index (χ1) is 7.06. The Kier molecular flexibility index (Phi) is 2.78. The fourth-order valence-corrected chi connectivity index (χ4v) is 3.23. The molecule has 1 heterocycles. The van der Waals surface area contributed by atoms with Gasteiger partial charge in [-0.1, -0.05) is 20.8 Å². The minimum Gasteiger partial charge on any atom is -0.342 e. The summed E-state index contributed by atoms with van der Waals surface area (Å²) in [7, 11) is 0. The minimum atomic E-state index is 0.347. The third-order valence-electron chi connectivity index (χ3n) is 4.43. The van der Waals surface area contributed by atoms with Crippen molar-refractivity contribution < 1.29 is 4.79 Å². The summed E-state index contributed by atoms with van der Waals surface area (Å²) in [4.78, 5) is 13.7. The molecule has 0 bridgehead atoms. The lowest BCUT2D eigenvalue weighted by Crippen LogP contribution is -2.42. The summed E-state index contributed by atoms with van der Waals surface area (Å²) in [6.07, 6.45) is 4.64. The topological polar surface area (TPSA) is 20.3 Å². The molecule has 0 aromatic carbocycles. The van der Waals surface area contributed by atoms with E-state index in [-0.39, 0.29) is 0 Å². The van der Waals surface area contributed by atoms with E-state index in [1.807, 2.05) is 6.92 Å². The highest BCUT2D eigenvalue weighted by Gasteiger charge is 2.49. The molecule has 0 unspecified atom stereocenters. The molecule has 1 amide bonds. The molecule has 86 valence electrons. The zero-order chi connectivity index (χ0) is 11.1. The van der Waals surface area contributed by atoms with Gasteiger partial charge in [0.2, 0.25) is 5.91 Å². The molecule has 1 saturated carbocycles. The van der Waals surface area contributed by atoms with Gasteiger partial charge in [0.25, 0.3) is 0 Å². The van der Waals surface area contributed by atoms with Gasteiger partial charge in [-0.15, -0.1) is 0 Å². The molecule has 2 aliphatic rings. The van der Waals surface area contributed by atoms with Gasteiger partial charge >= 0.3 is 0 Å². The molecule has 1 aliphatic heterocycles. The molecule has 2 fully saturated rings. The van der Waals surface area contributed by atoms with Crippen LogP contribution in [0.3, 0.4) is 0 Å². The van der Waals surface area contributed by atoms with Gasteiger partial charge < -0.3 is 4.90 Å². The lowest BCUT2D eigenvalue weighted by molar-refractivity contribution is -0.130. The maximum atomic E-state index is 11.6. The van der Waals surface area contributed by atoms with Crippen LogP contribution in [0.25, 0.3) is 0 Å². The van der Waals surface area contributed by atoms with Crippen LogP contribution < -0.4 is 0 Å². The van der Waals surface area contributed by atoms with Gasteiger partial charge in [0, 0.05) is 19.5 Å². The molecule has 2 rings (SSSR count). The van der Waals surface area contributed by atoms with Crippen molar-refractivity contribution in [3.63, 3.8) is 0 Å². The first kappa shape index (κ1) is 11.0. The molecule has 0 aromatic heterocycles. The monoisotopic (exact) mass is 209 g/mol. The van der Waals surface area contributed by atoms with Crippen molar-refractivity contribution in [3.8, 4) is 0 Å². The quantitative estimate of drug-likeness (QED) is 0.684. The molecule has 0 radical (unpaired) electrons. The van der Waals surface area contributed by atoms with E-state index in [2.05, 4.69) is 18.7 Å². The maximum Gasteiger partial charge on any atom is 0.222 e. The summed E-state index contributed by atoms with van der Waals surface area (Å²) in [5.74, 6) is 2.09. The van der Waals surface area contributed by atoms with Crippen molar-refractivity contribution in [3.05, 3.63) is 0 Å². The number of hydrogen-bond acceptors (Lipinski definition) is 1. The average Bonchev–Trinajstić information content (AvgIpc) is 2.58. The van der Waals surface area contributed by atoms with Gasteiger partial charge in [-0.3, -0.25) is 4.79 Å². The average molecular weight is 209 g/mol. The van der Waals surface area contributed by atoms with E-state index < -0.39 is 0 Å². The van der Waals surface area contributed by atoms with Crippen molar-refractivity contribution >= 4 is 5.91 Å². The molecule has 2 heteroatoms. The van der Waals surface area contributed by atoms with Crippen LogP contribution in [0.15, 0.2) is 0 Å². The zero-order valence-electron chi connectivity index (χ0n) is 10.3. The molecule has 0 N–H and O–H groups in total. The fourth-order valence-electron chi connectivity index (χ4n) is 3.23. The SMILES string of the molecule is CCC(=O)N1CCC2(CC(C(C)C)C2)C1. The third-order valence-corrected chi connectivity index (χ3v) is 4.43. The van der Waals surface area contributed by atoms with Gasteiger partial charge in [-0.25, -0.2) is 0 Å². The summed E-state index contributed by atoms with van der Waals surface area (Å²) in [5, 5.41) is 0. The van der Waals surface area contributed by atoms with Crippen molar-refractivity contribution in [1.29, 1.82) is 0 Å². The molecule has 1 aliphatic carbocycles. The van der Waals surface area contributed by atoms with E-state index in [1.165, 1.54) is 19.3 Å². The molecule has 2 nitrogen and oxygen atoms in total. The van der Waals surface area contributed by atoms with E-state index in [9.17, 15) is 4.79 Å². The molecule has 1 saturated heterocycles. The Hall–Kier alpha value is -0.530. The molecule has 0 atom stereocenters. The summed E-state index contributed by atoms with van der Waals surface area (Å²) in [5.41, 5.74) is 0.528. The first-order valence-corrected chi connectivity index (χ1v) is 6.34. The van der Waals surface area contributed by atoms with Crippen molar-refractivity contribution in [2.75, 3.05) is 13.1 Å². The van der Waals surface area contributed by atoms with Crippen LogP contribution in [0.1, 0.15) is 46.5 Å². The van der Waals surface area contributed by atoms with Gasteiger partial charge in [-0.05, 0) is 36.5 Å². The Labute approximate surface area is 93.0 Å². The second-order valence-corrected chi connectivity index (χ2v) is 5.83. The standard InChI is InChI=1S/C13H23NO/c1-4-12(15)14-6-5-13(9-14)7-11(8-13)10(2)3/h10-11H,4-9H2,1-3H3. The van der Waals surface area contributed by atoms with Crippen molar-refractivity contribution in [2.45, 2.75) is 46.5 Å². The Morgan fingerprint density at radius 2 is 2.13 bits per heavy atom. The Balaban J connectivity index is 1.87. The van der Waals surface area contributed by atoms with E-state index in [0.29, 0.717) is 17.7 Å². The number of amides is 1. The van der Waals surface area contributed by atoms with Crippen LogP contribution in [-0.4, -0.2) is 23.9 Å². The van der Waals surface area contributed by atoms with E-state index >= 15 is 0 Å². The number of nitrogens with zero attached hydrogens (tertiary/aromatic N) is 1.